The van der Waals surface area contributed by atoms with E-state index >= 15 is 0 Å². The minimum Gasteiger partial charge on any atom is -0.489 e. The van der Waals surface area contributed by atoms with Gasteiger partial charge in [-0.3, -0.25) is 0 Å². The molecule has 0 unspecified atom stereocenters. The van der Waals surface area contributed by atoms with Crippen molar-refractivity contribution in [1.82, 2.24) is 15.3 Å². The Morgan fingerprint density at radius 2 is 1.88 bits per heavy atom. The SMILES string of the molecule is Cc1ccccc1Nc1nc(Nc2cc(C)c([C@H]3CCCCN3)cc2OC(C)C)ncc1Cl. The summed E-state index contributed by atoms with van der Waals surface area (Å²) < 4.78 is 6.18. The number of ether oxygens (including phenoxy) is 1. The van der Waals surface area contributed by atoms with Gasteiger partial charge in [0.05, 0.1) is 18.0 Å². The van der Waals surface area contributed by atoms with Crippen LogP contribution in [-0.2, 0) is 0 Å². The van der Waals surface area contributed by atoms with E-state index in [1.807, 2.05) is 45.0 Å². The molecule has 174 valence electrons. The fraction of sp³-hybridized carbons (Fsp3) is 0.385. The zero-order chi connectivity index (χ0) is 23.4. The lowest BCUT2D eigenvalue weighted by Crippen LogP contribution is -2.27. The highest BCUT2D eigenvalue weighted by molar-refractivity contribution is 6.32. The lowest BCUT2D eigenvalue weighted by molar-refractivity contribution is 0.243. The Bertz CT molecular complexity index is 1110. The van der Waals surface area contributed by atoms with Gasteiger partial charge in [0, 0.05) is 11.7 Å². The van der Waals surface area contributed by atoms with Crippen LogP contribution in [0.4, 0.5) is 23.1 Å². The lowest BCUT2D eigenvalue weighted by atomic mass is 9.93. The van der Waals surface area contributed by atoms with E-state index in [0.717, 1.165) is 35.7 Å². The number of anilines is 4. The third kappa shape index (κ3) is 5.75. The maximum Gasteiger partial charge on any atom is 0.229 e. The smallest absolute Gasteiger partial charge is 0.229 e. The van der Waals surface area contributed by atoms with Crippen molar-refractivity contribution in [3.05, 3.63) is 64.3 Å². The minimum absolute atomic E-state index is 0.0461. The van der Waals surface area contributed by atoms with E-state index in [4.69, 9.17) is 16.3 Å². The van der Waals surface area contributed by atoms with E-state index < -0.39 is 0 Å². The summed E-state index contributed by atoms with van der Waals surface area (Å²) in [6, 6.07) is 12.6. The highest BCUT2D eigenvalue weighted by Crippen LogP contribution is 2.36. The first-order chi connectivity index (χ1) is 15.9. The number of nitrogens with one attached hydrogen (secondary N) is 3. The van der Waals surface area contributed by atoms with Crippen LogP contribution in [0.2, 0.25) is 5.02 Å². The summed E-state index contributed by atoms with van der Waals surface area (Å²) >= 11 is 6.39. The second kappa shape index (κ2) is 10.4. The average Bonchev–Trinajstić information content (AvgIpc) is 2.79. The Balaban J connectivity index is 1.63. The molecule has 1 fully saturated rings. The third-order valence-corrected chi connectivity index (χ3v) is 6.08. The summed E-state index contributed by atoms with van der Waals surface area (Å²) in [5.74, 6) is 1.80. The first-order valence-electron chi connectivity index (χ1n) is 11.6. The average molecular weight is 466 g/mol. The predicted molar refractivity (Wildman–Crippen MR) is 136 cm³/mol. The Morgan fingerprint density at radius 1 is 1.06 bits per heavy atom. The summed E-state index contributed by atoms with van der Waals surface area (Å²) in [6.07, 6.45) is 5.27. The molecule has 0 bridgehead atoms. The fourth-order valence-corrected chi connectivity index (χ4v) is 4.26. The molecule has 1 aliphatic rings. The monoisotopic (exact) mass is 465 g/mol. The number of benzene rings is 2. The number of hydrogen-bond donors (Lipinski definition) is 3. The summed E-state index contributed by atoms with van der Waals surface area (Å²) in [5, 5.41) is 10.8. The van der Waals surface area contributed by atoms with Gasteiger partial charge < -0.3 is 20.7 Å². The summed E-state index contributed by atoms with van der Waals surface area (Å²) in [6.45, 7) is 9.30. The normalized spacial score (nSPS) is 16.0. The zero-order valence-corrected chi connectivity index (χ0v) is 20.5. The summed E-state index contributed by atoms with van der Waals surface area (Å²) in [5.41, 5.74) is 5.39. The molecule has 3 aromatic rings. The Kier molecular flexibility index (Phi) is 7.36. The molecule has 2 heterocycles. The maximum absolute atomic E-state index is 6.39. The summed E-state index contributed by atoms with van der Waals surface area (Å²) in [4.78, 5) is 9.03. The molecule has 2 aromatic carbocycles. The number of rotatable bonds is 7. The molecular weight excluding hydrogens is 434 g/mol. The van der Waals surface area contributed by atoms with E-state index in [0.29, 0.717) is 22.8 Å². The van der Waals surface area contributed by atoms with Gasteiger partial charge in [-0.15, -0.1) is 0 Å². The van der Waals surface area contributed by atoms with E-state index in [2.05, 4.69) is 45.0 Å². The standard InChI is InChI=1S/C26H32ClN5O/c1-16(2)33-24-14-19(22-11-7-8-12-28-22)18(4)13-23(24)31-26-29-15-20(27)25(32-26)30-21-10-6-5-9-17(21)3/h5-6,9-10,13-16,22,28H,7-8,11-12H2,1-4H3,(H2,29,30,31,32)/t22-/m1/s1. The van der Waals surface area contributed by atoms with Gasteiger partial charge in [0.1, 0.15) is 10.8 Å². The quantitative estimate of drug-likeness (QED) is 0.355. The number of nitrogens with zero attached hydrogens (tertiary/aromatic N) is 2. The topological polar surface area (TPSA) is 71.1 Å². The number of aromatic nitrogens is 2. The van der Waals surface area contributed by atoms with Crippen LogP contribution < -0.4 is 20.7 Å². The van der Waals surface area contributed by atoms with Crippen molar-refractivity contribution < 1.29 is 4.74 Å². The lowest BCUT2D eigenvalue weighted by Gasteiger charge is -2.27. The molecule has 6 nitrogen and oxygen atoms in total. The van der Waals surface area contributed by atoms with E-state index in [9.17, 15) is 0 Å². The zero-order valence-electron chi connectivity index (χ0n) is 19.7. The van der Waals surface area contributed by atoms with E-state index in [1.165, 1.54) is 24.0 Å². The van der Waals surface area contributed by atoms with E-state index in [1.54, 1.807) is 6.20 Å². The number of halogens is 1. The largest absolute Gasteiger partial charge is 0.489 e. The van der Waals surface area contributed by atoms with Gasteiger partial charge in [0.2, 0.25) is 5.95 Å². The molecule has 1 saturated heterocycles. The molecule has 0 radical (unpaired) electrons. The van der Waals surface area contributed by atoms with Gasteiger partial charge in [0.25, 0.3) is 0 Å². The van der Waals surface area contributed by atoms with Crippen molar-refractivity contribution in [1.29, 1.82) is 0 Å². The molecule has 4 rings (SSSR count). The van der Waals surface area contributed by atoms with Gasteiger partial charge in [-0.05, 0) is 82.0 Å². The Hall–Kier alpha value is -2.83. The van der Waals surface area contributed by atoms with Crippen LogP contribution in [0.1, 0.15) is 55.8 Å². The van der Waals surface area contributed by atoms with Gasteiger partial charge in [-0.1, -0.05) is 36.2 Å². The van der Waals surface area contributed by atoms with Crippen LogP contribution in [0.25, 0.3) is 0 Å². The summed E-state index contributed by atoms with van der Waals surface area (Å²) in [7, 11) is 0. The molecule has 1 atom stereocenters. The van der Waals surface area contributed by atoms with Gasteiger partial charge >= 0.3 is 0 Å². The number of aryl methyl sites for hydroxylation is 2. The Labute approximate surface area is 201 Å². The van der Waals surface area contributed by atoms with Gasteiger partial charge in [0.15, 0.2) is 5.82 Å². The first kappa shape index (κ1) is 23.3. The molecule has 1 aromatic heterocycles. The maximum atomic E-state index is 6.39. The molecule has 3 N–H and O–H groups in total. The molecular formula is C26H32ClN5O. The van der Waals surface area contributed by atoms with Crippen molar-refractivity contribution in [3.63, 3.8) is 0 Å². The van der Waals surface area contributed by atoms with Crippen LogP contribution in [0.5, 0.6) is 5.75 Å². The molecule has 1 aliphatic heterocycles. The predicted octanol–water partition coefficient (Wildman–Crippen LogP) is 6.84. The number of hydrogen-bond acceptors (Lipinski definition) is 6. The van der Waals surface area contributed by atoms with E-state index in [-0.39, 0.29) is 6.10 Å². The van der Waals surface area contributed by atoms with Crippen LogP contribution in [0.3, 0.4) is 0 Å². The van der Waals surface area contributed by atoms with Crippen molar-refractivity contribution in [3.8, 4) is 5.75 Å². The number of piperidine rings is 1. The van der Waals surface area contributed by atoms with Crippen LogP contribution in [-0.4, -0.2) is 22.6 Å². The molecule has 0 aliphatic carbocycles. The second-order valence-electron chi connectivity index (χ2n) is 8.83. The van der Waals surface area contributed by atoms with Crippen molar-refractivity contribution in [2.45, 2.75) is 59.1 Å². The highest BCUT2D eigenvalue weighted by atomic mass is 35.5. The van der Waals surface area contributed by atoms with Gasteiger partial charge in [-0.25, -0.2) is 4.98 Å². The van der Waals surface area contributed by atoms with Crippen LogP contribution in [0.15, 0.2) is 42.6 Å². The third-order valence-electron chi connectivity index (χ3n) is 5.81. The molecule has 0 amide bonds. The molecule has 0 spiro atoms. The van der Waals surface area contributed by atoms with Crippen molar-refractivity contribution >= 4 is 34.7 Å². The van der Waals surface area contributed by atoms with Crippen LogP contribution in [0, 0.1) is 13.8 Å². The minimum atomic E-state index is 0.0461. The number of para-hydroxylation sites is 1. The molecule has 33 heavy (non-hydrogen) atoms. The fourth-order valence-electron chi connectivity index (χ4n) is 4.12. The van der Waals surface area contributed by atoms with Gasteiger partial charge in [-0.2, -0.15) is 4.98 Å². The van der Waals surface area contributed by atoms with Crippen molar-refractivity contribution in [2.75, 3.05) is 17.2 Å². The second-order valence-corrected chi connectivity index (χ2v) is 9.24. The molecule has 7 heteroatoms. The molecule has 0 saturated carbocycles. The van der Waals surface area contributed by atoms with Crippen LogP contribution >= 0.6 is 11.6 Å². The Morgan fingerprint density at radius 3 is 2.61 bits per heavy atom. The first-order valence-corrected chi connectivity index (χ1v) is 12.0. The van der Waals surface area contributed by atoms with Crippen molar-refractivity contribution in [2.24, 2.45) is 0 Å². The highest BCUT2D eigenvalue weighted by Gasteiger charge is 2.20.